The summed E-state index contributed by atoms with van der Waals surface area (Å²) in [6, 6.07) is 21.3. The zero-order valence-corrected chi connectivity index (χ0v) is 17.2. The number of carbonyl (C=O) groups excluding carboxylic acids is 2. The van der Waals surface area contributed by atoms with Crippen molar-refractivity contribution in [3.63, 3.8) is 0 Å². The van der Waals surface area contributed by atoms with Gasteiger partial charge in [0.15, 0.2) is 0 Å². The SMILES string of the molecule is NC(=O)c1ccc(-c2cccc(C(=O)NCc3csc(-c4ccccc4)n3)c2O)cc1. The fraction of sp³-hybridized carbons (Fsp3) is 0.0417. The number of aromatic nitrogens is 1. The summed E-state index contributed by atoms with van der Waals surface area (Å²) >= 11 is 1.51. The maximum Gasteiger partial charge on any atom is 0.255 e. The van der Waals surface area contributed by atoms with E-state index in [0.29, 0.717) is 16.7 Å². The minimum Gasteiger partial charge on any atom is -0.506 e. The molecule has 2 amide bonds. The average molecular weight is 430 g/mol. The van der Waals surface area contributed by atoms with Gasteiger partial charge in [-0.3, -0.25) is 9.59 Å². The lowest BCUT2D eigenvalue weighted by Crippen LogP contribution is -2.23. The fourth-order valence-electron chi connectivity index (χ4n) is 3.14. The first kappa shape index (κ1) is 20.3. The minimum atomic E-state index is -0.527. The lowest BCUT2D eigenvalue weighted by atomic mass is 10.00. The Labute approximate surface area is 183 Å². The third kappa shape index (κ3) is 4.46. The normalized spacial score (nSPS) is 10.6. The summed E-state index contributed by atoms with van der Waals surface area (Å²) in [5.41, 5.74) is 8.73. The van der Waals surface area contributed by atoms with Gasteiger partial charge in [0.05, 0.1) is 17.8 Å². The van der Waals surface area contributed by atoms with E-state index in [1.165, 1.54) is 11.3 Å². The van der Waals surface area contributed by atoms with E-state index < -0.39 is 11.8 Å². The molecule has 0 spiro atoms. The molecule has 6 nitrogen and oxygen atoms in total. The van der Waals surface area contributed by atoms with Crippen molar-refractivity contribution in [2.45, 2.75) is 6.54 Å². The van der Waals surface area contributed by atoms with Crippen LogP contribution < -0.4 is 11.1 Å². The van der Waals surface area contributed by atoms with Crippen molar-refractivity contribution in [3.8, 4) is 27.4 Å². The number of nitrogens with zero attached hydrogens (tertiary/aromatic N) is 1. The highest BCUT2D eigenvalue weighted by atomic mass is 32.1. The molecule has 0 fully saturated rings. The highest BCUT2D eigenvalue weighted by molar-refractivity contribution is 7.13. The summed E-state index contributed by atoms with van der Waals surface area (Å²) in [6.07, 6.45) is 0. The van der Waals surface area contributed by atoms with Gasteiger partial charge in [-0.05, 0) is 23.8 Å². The molecular weight excluding hydrogens is 410 g/mol. The highest BCUT2D eigenvalue weighted by Crippen LogP contribution is 2.32. The molecule has 0 aliphatic carbocycles. The zero-order valence-electron chi connectivity index (χ0n) is 16.4. The van der Waals surface area contributed by atoms with E-state index in [-0.39, 0.29) is 17.9 Å². The van der Waals surface area contributed by atoms with E-state index in [1.54, 1.807) is 42.5 Å². The first-order valence-electron chi connectivity index (χ1n) is 9.53. The Kier molecular flexibility index (Phi) is 5.77. The number of hydrogen-bond donors (Lipinski definition) is 3. The van der Waals surface area contributed by atoms with Crippen molar-refractivity contribution in [3.05, 3.63) is 95.0 Å². The number of hydrogen-bond acceptors (Lipinski definition) is 5. The van der Waals surface area contributed by atoms with E-state index in [1.807, 2.05) is 35.7 Å². The van der Waals surface area contributed by atoms with Gasteiger partial charge >= 0.3 is 0 Å². The molecule has 0 atom stereocenters. The van der Waals surface area contributed by atoms with Crippen molar-refractivity contribution >= 4 is 23.2 Å². The number of phenolic OH excluding ortho intramolecular Hbond substituents is 1. The molecule has 31 heavy (non-hydrogen) atoms. The molecule has 4 rings (SSSR count). The molecule has 0 radical (unpaired) electrons. The van der Waals surface area contributed by atoms with Gasteiger partial charge in [-0.15, -0.1) is 11.3 Å². The van der Waals surface area contributed by atoms with Crippen LogP contribution in [0.4, 0.5) is 0 Å². The molecule has 7 heteroatoms. The molecule has 0 bridgehead atoms. The van der Waals surface area contributed by atoms with Crippen molar-refractivity contribution < 1.29 is 14.7 Å². The van der Waals surface area contributed by atoms with Crippen LogP contribution in [-0.4, -0.2) is 21.9 Å². The summed E-state index contributed by atoms with van der Waals surface area (Å²) in [6.45, 7) is 0.249. The van der Waals surface area contributed by atoms with Gasteiger partial charge in [0.2, 0.25) is 5.91 Å². The third-order valence-corrected chi connectivity index (χ3v) is 5.70. The summed E-state index contributed by atoms with van der Waals surface area (Å²) in [5, 5.41) is 16.3. The summed E-state index contributed by atoms with van der Waals surface area (Å²) in [4.78, 5) is 28.5. The van der Waals surface area contributed by atoms with Crippen LogP contribution in [0, 0.1) is 0 Å². The summed E-state index contributed by atoms with van der Waals surface area (Å²) in [5.74, 6) is -1.06. The van der Waals surface area contributed by atoms with Crippen molar-refractivity contribution in [1.29, 1.82) is 0 Å². The van der Waals surface area contributed by atoms with E-state index in [2.05, 4.69) is 10.3 Å². The standard InChI is InChI=1S/C24H19N3O3S/c25-22(29)16-11-9-15(10-12-16)19-7-4-8-20(21(19)28)23(30)26-13-18-14-31-24(27-18)17-5-2-1-3-6-17/h1-12,14,28H,13H2,(H2,25,29)(H,26,30). The number of aromatic hydroxyl groups is 1. The van der Waals surface area contributed by atoms with E-state index in [0.717, 1.165) is 16.3 Å². The predicted molar refractivity (Wildman–Crippen MR) is 121 cm³/mol. The van der Waals surface area contributed by atoms with Crippen LogP contribution in [0.25, 0.3) is 21.7 Å². The van der Waals surface area contributed by atoms with E-state index in [9.17, 15) is 14.7 Å². The van der Waals surface area contributed by atoms with Crippen LogP contribution in [0.1, 0.15) is 26.4 Å². The van der Waals surface area contributed by atoms with Crippen molar-refractivity contribution in [2.75, 3.05) is 0 Å². The Morgan fingerprint density at radius 2 is 1.68 bits per heavy atom. The van der Waals surface area contributed by atoms with Crippen LogP contribution in [-0.2, 0) is 6.54 Å². The third-order valence-electron chi connectivity index (χ3n) is 4.76. The van der Waals surface area contributed by atoms with Crippen LogP contribution >= 0.6 is 11.3 Å². The van der Waals surface area contributed by atoms with E-state index in [4.69, 9.17) is 5.73 Å². The van der Waals surface area contributed by atoms with Crippen LogP contribution in [0.3, 0.4) is 0 Å². The Balaban J connectivity index is 1.49. The number of phenols is 1. The second-order valence-corrected chi connectivity index (χ2v) is 7.69. The van der Waals surface area contributed by atoms with Crippen LogP contribution in [0.2, 0.25) is 0 Å². The summed E-state index contributed by atoms with van der Waals surface area (Å²) < 4.78 is 0. The Morgan fingerprint density at radius 1 is 0.935 bits per heavy atom. The first-order chi connectivity index (χ1) is 15.0. The Hall–Kier alpha value is -3.97. The molecule has 4 N–H and O–H groups in total. The molecule has 0 aliphatic rings. The summed E-state index contributed by atoms with van der Waals surface area (Å²) in [7, 11) is 0. The molecule has 154 valence electrons. The fourth-order valence-corrected chi connectivity index (χ4v) is 3.97. The number of nitrogens with two attached hydrogens (primary N) is 1. The monoisotopic (exact) mass is 429 g/mol. The number of para-hydroxylation sites is 1. The quantitative estimate of drug-likeness (QED) is 0.427. The number of amides is 2. The van der Waals surface area contributed by atoms with Gasteiger partial charge in [-0.25, -0.2) is 4.98 Å². The molecule has 0 saturated heterocycles. The molecule has 0 saturated carbocycles. The average Bonchev–Trinajstić information content (AvgIpc) is 3.27. The van der Waals surface area contributed by atoms with Crippen molar-refractivity contribution in [2.24, 2.45) is 5.73 Å². The lowest BCUT2D eigenvalue weighted by molar-refractivity contribution is 0.0946. The molecule has 1 heterocycles. The van der Waals surface area contributed by atoms with Gasteiger partial charge in [-0.1, -0.05) is 54.6 Å². The second-order valence-electron chi connectivity index (χ2n) is 6.84. The number of rotatable bonds is 6. The van der Waals surface area contributed by atoms with Gasteiger partial charge in [0.1, 0.15) is 10.8 Å². The van der Waals surface area contributed by atoms with Gasteiger partial charge in [-0.2, -0.15) is 0 Å². The minimum absolute atomic E-state index is 0.130. The zero-order chi connectivity index (χ0) is 21.8. The number of primary amides is 1. The molecule has 3 aromatic carbocycles. The molecule has 4 aromatic rings. The van der Waals surface area contributed by atoms with Gasteiger partial charge in [0, 0.05) is 22.1 Å². The van der Waals surface area contributed by atoms with E-state index >= 15 is 0 Å². The van der Waals surface area contributed by atoms with Crippen LogP contribution in [0.5, 0.6) is 5.75 Å². The predicted octanol–water partition coefficient (Wildman–Crippen LogP) is 4.21. The second kappa shape index (κ2) is 8.81. The lowest BCUT2D eigenvalue weighted by Gasteiger charge is -2.10. The molecule has 1 aromatic heterocycles. The van der Waals surface area contributed by atoms with Crippen molar-refractivity contribution in [1.82, 2.24) is 10.3 Å². The number of benzene rings is 3. The maximum absolute atomic E-state index is 12.7. The number of nitrogens with one attached hydrogen (secondary N) is 1. The molecule has 0 aliphatic heterocycles. The number of thiazole rings is 1. The topological polar surface area (TPSA) is 105 Å². The maximum atomic E-state index is 12.7. The molecule has 0 unspecified atom stereocenters. The smallest absolute Gasteiger partial charge is 0.255 e. The van der Waals surface area contributed by atoms with Gasteiger partial charge < -0.3 is 16.2 Å². The van der Waals surface area contributed by atoms with Crippen LogP contribution in [0.15, 0.2) is 78.2 Å². The number of carbonyl (C=O) groups is 2. The largest absolute Gasteiger partial charge is 0.506 e. The Bertz CT molecular complexity index is 1230. The highest BCUT2D eigenvalue weighted by Gasteiger charge is 2.16. The van der Waals surface area contributed by atoms with Gasteiger partial charge in [0.25, 0.3) is 5.91 Å². The Morgan fingerprint density at radius 3 is 2.39 bits per heavy atom. The molecular formula is C24H19N3O3S. The first-order valence-corrected chi connectivity index (χ1v) is 10.4.